The molecule has 0 saturated carbocycles. The van der Waals surface area contributed by atoms with Crippen LogP contribution in [0.25, 0.3) is 11.3 Å². The summed E-state index contributed by atoms with van der Waals surface area (Å²) in [4.78, 5) is 8.83. The molecule has 2 aromatic carbocycles. The summed E-state index contributed by atoms with van der Waals surface area (Å²) in [6.07, 6.45) is -4.81. The third-order valence-electron chi connectivity index (χ3n) is 4.79. The second-order valence-corrected chi connectivity index (χ2v) is 7.70. The second-order valence-electron chi connectivity index (χ2n) is 7.70. The summed E-state index contributed by atoms with van der Waals surface area (Å²) in [6, 6.07) is 12.7. The van der Waals surface area contributed by atoms with Crippen molar-refractivity contribution < 1.29 is 27.4 Å². The first kappa shape index (κ1) is 24.2. The largest absolute Gasteiger partial charge is 0.573 e. The lowest BCUT2D eigenvalue weighted by atomic mass is 10.1. The molecule has 1 aromatic heterocycles. The van der Waals surface area contributed by atoms with Gasteiger partial charge in [0, 0.05) is 18.2 Å². The molecule has 0 amide bonds. The average molecular weight is 464 g/mol. The van der Waals surface area contributed by atoms with Gasteiger partial charge in [0.25, 0.3) is 0 Å². The molecule has 3 aromatic rings. The van der Waals surface area contributed by atoms with Crippen LogP contribution >= 0.6 is 0 Å². The molecule has 1 atom stereocenters. The maximum atomic E-state index is 13.1. The highest BCUT2D eigenvalue weighted by atomic mass is 19.4. The maximum absolute atomic E-state index is 13.1. The molecule has 0 aliphatic carbocycles. The Morgan fingerprint density at radius 3 is 2.39 bits per heavy atom. The minimum absolute atomic E-state index is 0.0707. The van der Waals surface area contributed by atoms with E-state index in [0.29, 0.717) is 23.6 Å². The van der Waals surface area contributed by atoms with Crippen LogP contribution in [-0.2, 0) is 6.54 Å². The van der Waals surface area contributed by atoms with E-state index in [0.717, 1.165) is 5.56 Å². The molecule has 3 N–H and O–H groups in total. The standard InChI is InChI=1S/C23H24F4N4O2/c1-14(2)20(13-32)30-22-29-19(16-4-3-5-18(10-16)33-23(25,26)27)11-21(31-22)28-12-15-6-8-17(24)9-7-15/h3-11,14,20,32H,12-13H2,1-2H3,(H2,28,29,30,31)/t20-/m1/s1. The predicted octanol–water partition coefficient (Wildman–Crippen LogP) is 5.22. The number of benzene rings is 2. The van der Waals surface area contributed by atoms with Crippen LogP contribution in [0.1, 0.15) is 19.4 Å². The van der Waals surface area contributed by atoms with E-state index >= 15 is 0 Å². The van der Waals surface area contributed by atoms with Crippen LogP contribution in [0.15, 0.2) is 54.6 Å². The zero-order valence-corrected chi connectivity index (χ0v) is 18.0. The van der Waals surface area contributed by atoms with Crippen LogP contribution in [-0.4, -0.2) is 34.1 Å². The van der Waals surface area contributed by atoms with Crippen molar-refractivity contribution in [1.82, 2.24) is 9.97 Å². The van der Waals surface area contributed by atoms with E-state index in [1.165, 1.54) is 30.3 Å². The van der Waals surface area contributed by atoms with Gasteiger partial charge in [0.15, 0.2) is 0 Å². The average Bonchev–Trinajstić information content (AvgIpc) is 2.76. The van der Waals surface area contributed by atoms with Crippen LogP contribution in [0.5, 0.6) is 5.75 Å². The number of halogens is 4. The van der Waals surface area contributed by atoms with Gasteiger partial charge in [-0.15, -0.1) is 13.2 Å². The third-order valence-corrected chi connectivity index (χ3v) is 4.79. The van der Waals surface area contributed by atoms with Gasteiger partial charge in [0.1, 0.15) is 17.4 Å². The van der Waals surface area contributed by atoms with E-state index in [1.54, 1.807) is 24.3 Å². The molecule has 0 saturated heterocycles. The molecular formula is C23H24F4N4O2. The molecule has 0 fully saturated rings. The lowest BCUT2D eigenvalue weighted by molar-refractivity contribution is -0.274. The number of nitrogens with one attached hydrogen (secondary N) is 2. The highest BCUT2D eigenvalue weighted by Crippen LogP contribution is 2.29. The lowest BCUT2D eigenvalue weighted by Gasteiger charge is -2.21. The first-order valence-corrected chi connectivity index (χ1v) is 10.2. The second kappa shape index (κ2) is 10.5. The van der Waals surface area contributed by atoms with Gasteiger partial charge in [-0.2, -0.15) is 4.98 Å². The molecule has 10 heteroatoms. The predicted molar refractivity (Wildman–Crippen MR) is 117 cm³/mol. The molecule has 1 heterocycles. The first-order chi connectivity index (χ1) is 15.6. The fraction of sp³-hybridized carbons (Fsp3) is 0.304. The van der Waals surface area contributed by atoms with Crippen molar-refractivity contribution in [3.63, 3.8) is 0 Å². The molecule has 3 rings (SSSR count). The van der Waals surface area contributed by atoms with Crippen molar-refractivity contribution >= 4 is 11.8 Å². The van der Waals surface area contributed by atoms with Crippen molar-refractivity contribution in [1.29, 1.82) is 0 Å². The number of aliphatic hydroxyl groups is 1. The van der Waals surface area contributed by atoms with Gasteiger partial charge in [-0.25, -0.2) is 9.37 Å². The SMILES string of the molecule is CC(C)[C@@H](CO)Nc1nc(NCc2ccc(F)cc2)cc(-c2cccc(OC(F)(F)F)c2)n1. The molecule has 0 aliphatic heterocycles. The minimum atomic E-state index is -4.81. The van der Waals surface area contributed by atoms with Gasteiger partial charge in [-0.1, -0.05) is 38.1 Å². The number of hydrogen-bond donors (Lipinski definition) is 3. The summed E-state index contributed by atoms with van der Waals surface area (Å²) in [5.41, 5.74) is 1.54. The van der Waals surface area contributed by atoms with Crippen molar-refractivity contribution in [3.8, 4) is 17.0 Å². The van der Waals surface area contributed by atoms with Crippen LogP contribution in [0.2, 0.25) is 0 Å². The van der Waals surface area contributed by atoms with E-state index in [1.807, 2.05) is 13.8 Å². The Kier molecular flexibility index (Phi) is 7.70. The minimum Gasteiger partial charge on any atom is -0.406 e. The van der Waals surface area contributed by atoms with Gasteiger partial charge < -0.3 is 20.5 Å². The lowest BCUT2D eigenvalue weighted by Crippen LogP contribution is -2.30. The Bertz CT molecular complexity index is 1060. The number of ether oxygens (including phenoxy) is 1. The number of alkyl halides is 3. The summed E-state index contributed by atoms with van der Waals surface area (Å²) in [7, 11) is 0. The number of nitrogens with zero attached hydrogens (tertiary/aromatic N) is 2. The van der Waals surface area contributed by atoms with Crippen molar-refractivity contribution in [2.24, 2.45) is 5.92 Å². The number of rotatable bonds is 9. The Balaban J connectivity index is 1.92. The summed E-state index contributed by atoms with van der Waals surface area (Å²) >= 11 is 0. The van der Waals surface area contributed by atoms with Gasteiger partial charge in [0.05, 0.1) is 18.3 Å². The van der Waals surface area contributed by atoms with Gasteiger partial charge in [0.2, 0.25) is 5.95 Å². The first-order valence-electron chi connectivity index (χ1n) is 10.2. The van der Waals surface area contributed by atoms with Gasteiger partial charge >= 0.3 is 6.36 Å². The molecular weight excluding hydrogens is 440 g/mol. The van der Waals surface area contributed by atoms with E-state index in [2.05, 4.69) is 25.3 Å². The van der Waals surface area contributed by atoms with Crippen molar-refractivity contribution in [3.05, 3.63) is 66.0 Å². The normalized spacial score (nSPS) is 12.5. The van der Waals surface area contributed by atoms with Crippen LogP contribution in [0, 0.1) is 11.7 Å². The highest BCUT2D eigenvalue weighted by molar-refractivity contribution is 5.66. The smallest absolute Gasteiger partial charge is 0.406 e. The number of anilines is 2. The van der Waals surface area contributed by atoms with Gasteiger partial charge in [-0.05, 0) is 35.7 Å². The van der Waals surface area contributed by atoms with Gasteiger partial charge in [-0.3, -0.25) is 0 Å². The van der Waals surface area contributed by atoms with E-state index < -0.39 is 6.36 Å². The third kappa shape index (κ3) is 7.31. The van der Waals surface area contributed by atoms with Crippen LogP contribution < -0.4 is 15.4 Å². The fourth-order valence-corrected chi connectivity index (χ4v) is 2.99. The number of hydrogen-bond acceptors (Lipinski definition) is 6. The summed E-state index contributed by atoms with van der Waals surface area (Å²) in [5.74, 6) is -0.0524. The Morgan fingerprint density at radius 1 is 1.03 bits per heavy atom. The molecule has 0 bridgehead atoms. The zero-order valence-electron chi connectivity index (χ0n) is 18.0. The topological polar surface area (TPSA) is 79.3 Å². The molecule has 6 nitrogen and oxygen atoms in total. The summed E-state index contributed by atoms with van der Waals surface area (Å²) in [6.45, 7) is 4.02. The van der Waals surface area contributed by atoms with Crippen molar-refractivity contribution in [2.45, 2.75) is 32.8 Å². The number of aliphatic hydroxyl groups excluding tert-OH is 1. The summed E-state index contributed by atoms with van der Waals surface area (Å²) < 4.78 is 55.1. The van der Waals surface area contributed by atoms with E-state index in [4.69, 9.17) is 0 Å². The molecule has 176 valence electrons. The fourth-order valence-electron chi connectivity index (χ4n) is 2.99. The van der Waals surface area contributed by atoms with E-state index in [-0.39, 0.29) is 36.1 Å². The molecule has 0 unspecified atom stereocenters. The zero-order chi connectivity index (χ0) is 24.0. The quantitative estimate of drug-likeness (QED) is 0.377. The Morgan fingerprint density at radius 2 is 1.76 bits per heavy atom. The van der Waals surface area contributed by atoms with Crippen molar-refractivity contribution in [2.75, 3.05) is 17.2 Å². The number of aromatic nitrogens is 2. The molecule has 0 radical (unpaired) electrons. The molecule has 33 heavy (non-hydrogen) atoms. The molecule has 0 aliphatic rings. The maximum Gasteiger partial charge on any atom is 0.573 e. The van der Waals surface area contributed by atoms with Crippen LogP contribution in [0.4, 0.5) is 29.3 Å². The molecule has 0 spiro atoms. The Hall–Kier alpha value is -3.40. The van der Waals surface area contributed by atoms with E-state index in [9.17, 15) is 22.7 Å². The Labute approximate surface area is 188 Å². The summed E-state index contributed by atoms with van der Waals surface area (Å²) in [5, 5.41) is 15.8. The monoisotopic (exact) mass is 464 g/mol. The van der Waals surface area contributed by atoms with Crippen LogP contribution in [0.3, 0.4) is 0 Å². The highest BCUT2D eigenvalue weighted by Gasteiger charge is 2.31.